The first kappa shape index (κ1) is 13.4. The molecule has 0 spiro atoms. The zero-order valence-electron chi connectivity index (χ0n) is 11.5. The maximum Gasteiger partial charge on any atom is 0.238 e. The minimum atomic E-state index is -0.231. The van der Waals surface area contributed by atoms with Crippen molar-refractivity contribution in [3.63, 3.8) is 0 Å². The number of halogens is 1. The van der Waals surface area contributed by atoms with Crippen molar-refractivity contribution in [1.29, 1.82) is 0 Å². The van der Waals surface area contributed by atoms with Gasteiger partial charge in [-0.1, -0.05) is 36.7 Å². The second-order valence-electron chi connectivity index (χ2n) is 5.55. The molecule has 0 radical (unpaired) electrons. The molecule has 1 fully saturated rings. The van der Waals surface area contributed by atoms with Crippen LogP contribution in [0.2, 0.25) is 5.02 Å². The fourth-order valence-corrected chi connectivity index (χ4v) is 3.39. The van der Waals surface area contributed by atoms with Crippen LogP contribution < -0.4 is 4.90 Å². The summed E-state index contributed by atoms with van der Waals surface area (Å²) in [4.78, 5) is 26.6. The van der Waals surface area contributed by atoms with E-state index >= 15 is 0 Å². The number of carbonyl (C=O) groups is 2. The molecule has 104 valence electrons. The SMILES string of the molecule is Cc1c(Cl)cccc1N1C(=O)[C@@H]2[C@H](C)C=CC[C@H]2C1=O. The lowest BCUT2D eigenvalue weighted by Crippen LogP contribution is -2.32. The molecule has 3 rings (SSSR count). The summed E-state index contributed by atoms with van der Waals surface area (Å²) in [5.74, 6) is -0.537. The Balaban J connectivity index is 2.06. The molecule has 0 bridgehead atoms. The third-order valence-electron chi connectivity index (χ3n) is 4.35. The zero-order valence-corrected chi connectivity index (χ0v) is 12.2. The molecule has 0 saturated carbocycles. The summed E-state index contributed by atoms with van der Waals surface area (Å²) in [6.07, 6.45) is 4.68. The van der Waals surface area contributed by atoms with Gasteiger partial charge in [-0.25, -0.2) is 4.90 Å². The molecule has 20 heavy (non-hydrogen) atoms. The number of amides is 2. The van der Waals surface area contributed by atoms with Gasteiger partial charge in [-0.3, -0.25) is 9.59 Å². The number of nitrogens with zero attached hydrogens (tertiary/aromatic N) is 1. The average molecular weight is 290 g/mol. The molecule has 2 aliphatic rings. The van der Waals surface area contributed by atoms with Crippen LogP contribution in [0.3, 0.4) is 0 Å². The van der Waals surface area contributed by atoms with Gasteiger partial charge in [-0.05, 0) is 37.0 Å². The summed E-state index contributed by atoms with van der Waals surface area (Å²) < 4.78 is 0. The molecule has 0 N–H and O–H groups in total. The van der Waals surface area contributed by atoms with Crippen molar-refractivity contribution in [1.82, 2.24) is 0 Å². The lowest BCUT2D eigenvalue weighted by atomic mass is 9.78. The topological polar surface area (TPSA) is 37.4 Å². The zero-order chi connectivity index (χ0) is 14.4. The van der Waals surface area contributed by atoms with E-state index in [-0.39, 0.29) is 29.6 Å². The molecule has 0 aromatic heterocycles. The van der Waals surface area contributed by atoms with Crippen molar-refractivity contribution in [2.45, 2.75) is 20.3 Å². The predicted octanol–water partition coefficient (Wildman–Crippen LogP) is 3.35. The highest BCUT2D eigenvalue weighted by Gasteiger charge is 2.50. The minimum absolute atomic E-state index is 0.0952. The number of anilines is 1. The van der Waals surface area contributed by atoms with Gasteiger partial charge >= 0.3 is 0 Å². The number of rotatable bonds is 1. The summed E-state index contributed by atoms with van der Waals surface area (Å²) >= 11 is 6.11. The standard InChI is InChI=1S/C16H16ClNO2/c1-9-5-3-6-11-14(9)16(20)18(15(11)19)13-8-4-7-12(17)10(13)2/h3-5,7-9,11,14H,6H2,1-2H3/t9-,11-,14-/m1/s1. The molecule has 3 atom stereocenters. The molecule has 4 heteroatoms. The van der Waals surface area contributed by atoms with Crippen LogP contribution in [-0.4, -0.2) is 11.8 Å². The summed E-state index contributed by atoms with van der Waals surface area (Å²) in [5, 5.41) is 0.573. The van der Waals surface area contributed by atoms with Crippen LogP contribution in [0.5, 0.6) is 0 Å². The Labute approximate surface area is 123 Å². The molecular weight excluding hydrogens is 274 g/mol. The normalized spacial score (nSPS) is 28.9. The summed E-state index contributed by atoms with van der Waals surface area (Å²) in [6.45, 7) is 3.83. The highest BCUT2D eigenvalue weighted by Crippen LogP contribution is 2.41. The van der Waals surface area contributed by atoms with Crippen LogP contribution in [0.4, 0.5) is 5.69 Å². The summed E-state index contributed by atoms with van der Waals surface area (Å²) in [6, 6.07) is 5.32. The van der Waals surface area contributed by atoms with Crippen molar-refractivity contribution in [3.05, 3.63) is 40.9 Å². The first-order valence-corrected chi connectivity index (χ1v) is 7.19. The maximum absolute atomic E-state index is 12.7. The fourth-order valence-electron chi connectivity index (χ4n) is 3.22. The quantitative estimate of drug-likeness (QED) is 0.587. The van der Waals surface area contributed by atoms with Crippen LogP contribution in [0.25, 0.3) is 0 Å². The molecular formula is C16H16ClNO2. The monoisotopic (exact) mass is 289 g/mol. The average Bonchev–Trinajstić information content (AvgIpc) is 2.67. The second-order valence-corrected chi connectivity index (χ2v) is 5.96. The van der Waals surface area contributed by atoms with Crippen molar-refractivity contribution in [3.8, 4) is 0 Å². The first-order chi connectivity index (χ1) is 9.52. The molecule has 1 heterocycles. The summed E-state index contributed by atoms with van der Waals surface area (Å²) in [5.41, 5.74) is 1.39. The van der Waals surface area contributed by atoms with Crippen LogP contribution in [0.1, 0.15) is 18.9 Å². The lowest BCUT2D eigenvalue weighted by Gasteiger charge is -2.22. The minimum Gasteiger partial charge on any atom is -0.274 e. The Hall–Kier alpha value is -1.61. The van der Waals surface area contributed by atoms with Gasteiger partial charge in [0.05, 0.1) is 17.5 Å². The molecule has 1 saturated heterocycles. The summed E-state index contributed by atoms with van der Waals surface area (Å²) in [7, 11) is 0. The Morgan fingerprint density at radius 2 is 2.00 bits per heavy atom. The highest BCUT2D eigenvalue weighted by atomic mass is 35.5. The number of hydrogen-bond acceptors (Lipinski definition) is 2. The number of carbonyl (C=O) groups excluding carboxylic acids is 2. The smallest absolute Gasteiger partial charge is 0.238 e. The van der Waals surface area contributed by atoms with Crippen molar-refractivity contribution >= 4 is 29.1 Å². The van der Waals surface area contributed by atoms with E-state index in [1.54, 1.807) is 18.2 Å². The largest absolute Gasteiger partial charge is 0.274 e. The number of fused-ring (bicyclic) bond motifs is 1. The van der Waals surface area contributed by atoms with E-state index in [0.29, 0.717) is 17.1 Å². The van der Waals surface area contributed by atoms with Crippen LogP contribution in [0.15, 0.2) is 30.4 Å². The number of imide groups is 1. The van der Waals surface area contributed by atoms with Crippen molar-refractivity contribution in [2.24, 2.45) is 17.8 Å². The second kappa shape index (κ2) is 4.74. The van der Waals surface area contributed by atoms with Gasteiger partial charge in [0, 0.05) is 5.02 Å². The molecule has 1 aliphatic carbocycles. The third-order valence-corrected chi connectivity index (χ3v) is 4.76. The molecule has 3 nitrogen and oxygen atoms in total. The molecule has 1 aromatic carbocycles. The number of allylic oxidation sites excluding steroid dienone is 2. The van der Waals surface area contributed by atoms with Gasteiger partial charge in [0.25, 0.3) is 0 Å². The van der Waals surface area contributed by atoms with Gasteiger partial charge in [-0.2, -0.15) is 0 Å². The Kier molecular flexibility index (Phi) is 3.17. The Morgan fingerprint density at radius 3 is 2.70 bits per heavy atom. The highest BCUT2D eigenvalue weighted by molar-refractivity contribution is 6.32. The molecule has 1 aromatic rings. The molecule has 0 unspecified atom stereocenters. The van der Waals surface area contributed by atoms with E-state index in [1.165, 1.54) is 4.90 Å². The lowest BCUT2D eigenvalue weighted by molar-refractivity contribution is -0.122. The van der Waals surface area contributed by atoms with Gasteiger partial charge < -0.3 is 0 Å². The first-order valence-electron chi connectivity index (χ1n) is 6.82. The van der Waals surface area contributed by atoms with Crippen LogP contribution in [0, 0.1) is 24.7 Å². The van der Waals surface area contributed by atoms with Gasteiger partial charge in [-0.15, -0.1) is 0 Å². The van der Waals surface area contributed by atoms with E-state index < -0.39 is 0 Å². The molecule has 1 aliphatic heterocycles. The van der Waals surface area contributed by atoms with E-state index in [9.17, 15) is 9.59 Å². The van der Waals surface area contributed by atoms with E-state index in [4.69, 9.17) is 11.6 Å². The molecule has 2 amide bonds. The Morgan fingerprint density at radius 1 is 1.25 bits per heavy atom. The maximum atomic E-state index is 12.7. The number of benzene rings is 1. The van der Waals surface area contributed by atoms with E-state index in [2.05, 4.69) is 0 Å². The Bertz CT molecular complexity index is 623. The fraction of sp³-hybridized carbons (Fsp3) is 0.375. The number of hydrogen-bond donors (Lipinski definition) is 0. The van der Waals surface area contributed by atoms with Gasteiger partial charge in [0.15, 0.2) is 0 Å². The van der Waals surface area contributed by atoms with E-state index in [1.807, 2.05) is 26.0 Å². The van der Waals surface area contributed by atoms with Crippen LogP contribution >= 0.6 is 11.6 Å². The van der Waals surface area contributed by atoms with Gasteiger partial charge in [0.2, 0.25) is 11.8 Å². The van der Waals surface area contributed by atoms with E-state index in [0.717, 1.165) is 5.56 Å². The van der Waals surface area contributed by atoms with Crippen molar-refractivity contribution < 1.29 is 9.59 Å². The predicted molar refractivity (Wildman–Crippen MR) is 78.6 cm³/mol. The van der Waals surface area contributed by atoms with Crippen LogP contribution in [-0.2, 0) is 9.59 Å². The third kappa shape index (κ3) is 1.80. The van der Waals surface area contributed by atoms with Gasteiger partial charge in [0.1, 0.15) is 0 Å². The van der Waals surface area contributed by atoms with Crippen molar-refractivity contribution in [2.75, 3.05) is 4.90 Å².